The summed E-state index contributed by atoms with van der Waals surface area (Å²) in [6, 6.07) is 13.8. The highest BCUT2D eigenvalue weighted by Gasteiger charge is 2.11. The molecule has 2 rings (SSSR count). The van der Waals surface area contributed by atoms with E-state index >= 15 is 0 Å². The van der Waals surface area contributed by atoms with E-state index in [0.717, 1.165) is 16.9 Å². The van der Waals surface area contributed by atoms with E-state index in [0.29, 0.717) is 0 Å². The summed E-state index contributed by atoms with van der Waals surface area (Å²) < 4.78 is 13.5. The van der Waals surface area contributed by atoms with Gasteiger partial charge in [-0.15, -0.1) is 11.8 Å². The van der Waals surface area contributed by atoms with Gasteiger partial charge in [-0.05, 0) is 56.3 Å². The van der Waals surface area contributed by atoms with Gasteiger partial charge in [-0.3, -0.25) is 0 Å². The second-order valence-corrected chi connectivity index (χ2v) is 6.12. The van der Waals surface area contributed by atoms with E-state index in [1.54, 1.807) is 23.9 Å². The lowest BCUT2D eigenvalue weighted by Gasteiger charge is -2.17. The lowest BCUT2D eigenvalue weighted by atomic mass is 10.1. The Morgan fingerprint density at radius 2 is 1.90 bits per heavy atom. The van der Waals surface area contributed by atoms with Gasteiger partial charge in [0.1, 0.15) is 5.82 Å². The first-order valence-electron chi connectivity index (χ1n) is 6.72. The van der Waals surface area contributed by atoms with Crippen molar-refractivity contribution in [1.29, 1.82) is 0 Å². The molecule has 0 saturated carbocycles. The van der Waals surface area contributed by atoms with Gasteiger partial charge < -0.3 is 5.32 Å². The lowest BCUT2D eigenvalue weighted by Crippen LogP contribution is -2.19. The van der Waals surface area contributed by atoms with Gasteiger partial charge in [0.15, 0.2) is 0 Å². The molecule has 2 aromatic rings. The van der Waals surface area contributed by atoms with Crippen LogP contribution in [0.3, 0.4) is 0 Å². The van der Waals surface area contributed by atoms with Crippen LogP contribution in [0.15, 0.2) is 47.4 Å². The molecule has 0 aliphatic rings. The minimum Gasteiger partial charge on any atom is -0.312 e. The number of aryl methyl sites for hydroxylation is 2. The summed E-state index contributed by atoms with van der Waals surface area (Å²) in [6.07, 6.45) is 0. The van der Waals surface area contributed by atoms with Crippen LogP contribution in [-0.4, -0.2) is 12.8 Å². The van der Waals surface area contributed by atoms with Gasteiger partial charge in [0.05, 0.1) is 0 Å². The zero-order valence-electron chi connectivity index (χ0n) is 12.1. The Labute approximate surface area is 124 Å². The molecule has 3 heteroatoms. The fraction of sp³-hybridized carbons (Fsp3) is 0.294. The molecule has 1 unspecified atom stereocenters. The Morgan fingerprint density at radius 1 is 1.10 bits per heavy atom. The predicted octanol–water partition coefficient (Wildman–Crippen LogP) is 4.50. The number of rotatable bonds is 5. The monoisotopic (exact) mass is 289 g/mol. The van der Waals surface area contributed by atoms with E-state index in [1.165, 1.54) is 10.5 Å². The molecule has 20 heavy (non-hydrogen) atoms. The van der Waals surface area contributed by atoms with Crippen molar-refractivity contribution < 1.29 is 4.39 Å². The molecule has 0 fully saturated rings. The van der Waals surface area contributed by atoms with Gasteiger partial charge in [0.2, 0.25) is 0 Å². The zero-order valence-corrected chi connectivity index (χ0v) is 12.9. The molecule has 0 radical (unpaired) electrons. The Kier molecular flexibility index (Phi) is 5.21. The largest absolute Gasteiger partial charge is 0.312 e. The average molecular weight is 289 g/mol. The summed E-state index contributed by atoms with van der Waals surface area (Å²) in [7, 11) is 1.92. The topological polar surface area (TPSA) is 12.0 Å². The molecular formula is C17H20FNS. The molecule has 1 atom stereocenters. The van der Waals surface area contributed by atoms with Gasteiger partial charge in [-0.2, -0.15) is 0 Å². The quantitative estimate of drug-likeness (QED) is 0.814. The van der Waals surface area contributed by atoms with Gasteiger partial charge >= 0.3 is 0 Å². The smallest absolute Gasteiger partial charge is 0.123 e. The van der Waals surface area contributed by atoms with Crippen molar-refractivity contribution in [3.05, 3.63) is 65.0 Å². The van der Waals surface area contributed by atoms with Crippen molar-refractivity contribution in [1.82, 2.24) is 5.32 Å². The van der Waals surface area contributed by atoms with E-state index in [4.69, 9.17) is 0 Å². The Morgan fingerprint density at radius 3 is 2.55 bits per heavy atom. The molecule has 0 aliphatic carbocycles. The first-order chi connectivity index (χ1) is 9.58. The van der Waals surface area contributed by atoms with Gasteiger partial charge in [-0.1, -0.05) is 23.8 Å². The van der Waals surface area contributed by atoms with Crippen LogP contribution >= 0.6 is 11.8 Å². The highest BCUT2D eigenvalue weighted by Crippen LogP contribution is 2.26. The minimum absolute atomic E-state index is 0.148. The average Bonchev–Trinajstić information content (AvgIpc) is 2.38. The number of hydrogen-bond acceptors (Lipinski definition) is 2. The summed E-state index contributed by atoms with van der Waals surface area (Å²) in [6.45, 7) is 4.02. The summed E-state index contributed by atoms with van der Waals surface area (Å²) >= 11 is 1.79. The van der Waals surface area contributed by atoms with Crippen LogP contribution in [0.4, 0.5) is 4.39 Å². The first kappa shape index (κ1) is 15.1. The van der Waals surface area contributed by atoms with E-state index in [9.17, 15) is 4.39 Å². The maximum absolute atomic E-state index is 13.5. The van der Waals surface area contributed by atoms with Crippen LogP contribution in [0, 0.1) is 19.7 Å². The molecule has 1 nitrogen and oxygen atoms in total. The molecule has 0 amide bonds. The van der Waals surface area contributed by atoms with Crippen molar-refractivity contribution in [3.63, 3.8) is 0 Å². The number of hydrogen-bond donors (Lipinski definition) is 1. The molecule has 0 spiro atoms. The SMILES string of the molecule is CNC(CSc1cccc(C)c1)c1cc(C)cc(F)c1. The van der Waals surface area contributed by atoms with Crippen LogP contribution in [0.25, 0.3) is 0 Å². The van der Waals surface area contributed by atoms with Gasteiger partial charge in [0, 0.05) is 16.7 Å². The van der Waals surface area contributed by atoms with E-state index in [2.05, 4.69) is 36.5 Å². The number of benzene rings is 2. The minimum atomic E-state index is -0.166. The van der Waals surface area contributed by atoms with Crippen molar-refractivity contribution >= 4 is 11.8 Å². The third-order valence-electron chi connectivity index (χ3n) is 3.22. The third kappa shape index (κ3) is 4.09. The van der Waals surface area contributed by atoms with Crippen LogP contribution in [0.2, 0.25) is 0 Å². The fourth-order valence-corrected chi connectivity index (χ4v) is 3.36. The summed E-state index contributed by atoms with van der Waals surface area (Å²) in [5, 5.41) is 3.27. The molecular weight excluding hydrogens is 269 g/mol. The molecule has 0 aromatic heterocycles. The maximum Gasteiger partial charge on any atom is 0.123 e. The van der Waals surface area contributed by atoms with Crippen molar-refractivity contribution in [2.24, 2.45) is 0 Å². The van der Waals surface area contributed by atoms with Gasteiger partial charge in [0.25, 0.3) is 0 Å². The van der Waals surface area contributed by atoms with Crippen molar-refractivity contribution in [2.75, 3.05) is 12.8 Å². The van der Waals surface area contributed by atoms with Crippen LogP contribution in [0.1, 0.15) is 22.7 Å². The van der Waals surface area contributed by atoms with Crippen molar-refractivity contribution in [3.8, 4) is 0 Å². The summed E-state index contributed by atoms with van der Waals surface area (Å²) in [5.41, 5.74) is 3.23. The molecule has 0 saturated heterocycles. The maximum atomic E-state index is 13.5. The third-order valence-corrected chi connectivity index (χ3v) is 4.31. The normalized spacial score (nSPS) is 12.4. The van der Waals surface area contributed by atoms with Gasteiger partial charge in [-0.25, -0.2) is 4.39 Å². The Bertz CT molecular complexity index is 563. The van der Waals surface area contributed by atoms with E-state index in [1.807, 2.05) is 20.0 Å². The highest BCUT2D eigenvalue weighted by molar-refractivity contribution is 7.99. The molecule has 106 valence electrons. The molecule has 0 aliphatic heterocycles. The van der Waals surface area contributed by atoms with E-state index < -0.39 is 0 Å². The molecule has 0 bridgehead atoms. The zero-order chi connectivity index (χ0) is 14.5. The number of thioether (sulfide) groups is 1. The highest BCUT2D eigenvalue weighted by atomic mass is 32.2. The Balaban J connectivity index is 2.09. The molecule has 0 heterocycles. The second kappa shape index (κ2) is 6.91. The Hall–Kier alpha value is -1.32. The lowest BCUT2D eigenvalue weighted by molar-refractivity contribution is 0.609. The predicted molar refractivity (Wildman–Crippen MR) is 84.8 cm³/mol. The first-order valence-corrected chi connectivity index (χ1v) is 7.71. The number of nitrogens with one attached hydrogen (secondary N) is 1. The fourth-order valence-electron chi connectivity index (χ4n) is 2.20. The summed E-state index contributed by atoms with van der Waals surface area (Å²) in [5.74, 6) is 0.712. The number of halogens is 1. The van der Waals surface area contributed by atoms with Crippen LogP contribution in [-0.2, 0) is 0 Å². The second-order valence-electron chi connectivity index (χ2n) is 5.03. The molecule has 2 aromatic carbocycles. The van der Waals surface area contributed by atoms with Crippen LogP contribution < -0.4 is 5.32 Å². The van der Waals surface area contributed by atoms with E-state index in [-0.39, 0.29) is 11.9 Å². The van der Waals surface area contributed by atoms with Crippen LogP contribution in [0.5, 0.6) is 0 Å². The summed E-state index contributed by atoms with van der Waals surface area (Å²) in [4.78, 5) is 1.25. The standard InChI is InChI=1S/C17H20FNS/c1-12-5-4-6-16(9-12)20-11-17(19-3)14-7-13(2)8-15(18)10-14/h4-10,17,19H,11H2,1-3H3. The van der Waals surface area contributed by atoms with Crippen molar-refractivity contribution in [2.45, 2.75) is 24.8 Å². The molecule has 1 N–H and O–H groups in total.